The van der Waals surface area contributed by atoms with Crippen molar-refractivity contribution in [3.05, 3.63) is 28.8 Å². The van der Waals surface area contributed by atoms with E-state index < -0.39 is 17.6 Å². The maximum absolute atomic E-state index is 12.9. The van der Waals surface area contributed by atoms with Gasteiger partial charge in [0.05, 0.1) is 16.3 Å². The van der Waals surface area contributed by atoms with Gasteiger partial charge in [-0.2, -0.15) is 13.2 Å². The molecule has 0 fully saturated rings. The lowest BCUT2D eigenvalue weighted by molar-refractivity contribution is -0.137. The molecule has 0 aliphatic carbocycles. The van der Waals surface area contributed by atoms with Crippen LogP contribution in [0.5, 0.6) is 0 Å². The standard InChI is InChI=1S/C17H23ClF3N3O2/c1-12(25)24(10-7-16(26)22-8-4-9-23(2)3)15-11-13(17(19,20)21)5-6-14(15)18/h5-6,11H,4,7-10H2,1-3H3,(H,22,26). The zero-order valence-electron chi connectivity index (χ0n) is 15.0. The lowest BCUT2D eigenvalue weighted by atomic mass is 10.1. The zero-order chi connectivity index (χ0) is 19.9. The van der Waals surface area contributed by atoms with Crippen LogP contribution in [0.3, 0.4) is 0 Å². The van der Waals surface area contributed by atoms with E-state index in [2.05, 4.69) is 5.32 Å². The van der Waals surface area contributed by atoms with E-state index in [9.17, 15) is 22.8 Å². The summed E-state index contributed by atoms with van der Waals surface area (Å²) < 4.78 is 38.7. The van der Waals surface area contributed by atoms with Crippen LogP contribution in [-0.4, -0.2) is 50.4 Å². The van der Waals surface area contributed by atoms with Crippen molar-refractivity contribution >= 4 is 29.1 Å². The molecule has 0 aliphatic heterocycles. The number of alkyl halides is 3. The number of benzene rings is 1. The number of carbonyl (C=O) groups excluding carboxylic acids is 2. The Kier molecular flexibility index (Phi) is 8.36. The van der Waals surface area contributed by atoms with Crippen LogP contribution in [0.2, 0.25) is 5.02 Å². The molecule has 0 bridgehead atoms. The molecule has 1 N–H and O–H groups in total. The van der Waals surface area contributed by atoms with Gasteiger partial charge in [0, 0.05) is 26.4 Å². The second kappa shape index (κ2) is 9.78. The van der Waals surface area contributed by atoms with Crippen molar-refractivity contribution in [2.24, 2.45) is 0 Å². The third-order valence-corrected chi connectivity index (χ3v) is 3.93. The minimum absolute atomic E-state index is 0.0135. The first-order chi connectivity index (χ1) is 12.0. The Morgan fingerprint density at radius 2 is 1.85 bits per heavy atom. The summed E-state index contributed by atoms with van der Waals surface area (Å²) in [4.78, 5) is 26.8. The van der Waals surface area contributed by atoms with Gasteiger partial charge >= 0.3 is 6.18 Å². The van der Waals surface area contributed by atoms with Gasteiger partial charge in [0.1, 0.15) is 0 Å². The largest absolute Gasteiger partial charge is 0.416 e. The highest BCUT2D eigenvalue weighted by atomic mass is 35.5. The fraction of sp³-hybridized carbons (Fsp3) is 0.529. The number of hydrogen-bond donors (Lipinski definition) is 1. The maximum Gasteiger partial charge on any atom is 0.416 e. The molecule has 0 aromatic heterocycles. The zero-order valence-corrected chi connectivity index (χ0v) is 15.7. The summed E-state index contributed by atoms with van der Waals surface area (Å²) in [6.45, 7) is 2.46. The van der Waals surface area contributed by atoms with Crippen LogP contribution < -0.4 is 10.2 Å². The van der Waals surface area contributed by atoms with Gasteiger partial charge in [-0.15, -0.1) is 0 Å². The number of nitrogens with one attached hydrogen (secondary N) is 1. The number of anilines is 1. The van der Waals surface area contributed by atoms with Crippen molar-refractivity contribution in [1.82, 2.24) is 10.2 Å². The molecule has 0 saturated carbocycles. The summed E-state index contributed by atoms with van der Waals surface area (Å²) in [5, 5.41) is 2.73. The first kappa shape index (κ1) is 22.2. The number of amides is 2. The molecule has 2 amide bonds. The van der Waals surface area contributed by atoms with Crippen LogP contribution in [-0.2, 0) is 15.8 Å². The Morgan fingerprint density at radius 3 is 2.38 bits per heavy atom. The van der Waals surface area contributed by atoms with E-state index in [1.54, 1.807) is 0 Å². The minimum atomic E-state index is -4.55. The van der Waals surface area contributed by atoms with E-state index in [4.69, 9.17) is 11.6 Å². The van der Waals surface area contributed by atoms with Gasteiger partial charge < -0.3 is 15.1 Å². The van der Waals surface area contributed by atoms with Crippen LogP contribution >= 0.6 is 11.6 Å². The summed E-state index contributed by atoms with van der Waals surface area (Å²) in [7, 11) is 3.84. The summed E-state index contributed by atoms with van der Waals surface area (Å²) >= 11 is 5.97. The fourth-order valence-corrected chi connectivity index (χ4v) is 2.49. The Balaban J connectivity index is 2.75. The maximum atomic E-state index is 12.9. The number of nitrogens with zero attached hydrogens (tertiary/aromatic N) is 2. The predicted octanol–water partition coefficient (Wildman–Crippen LogP) is 3.17. The Labute approximate surface area is 156 Å². The molecule has 0 unspecified atom stereocenters. The van der Waals surface area contributed by atoms with Crippen LogP contribution in [0.1, 0.15) is 25.3 Å². The minimum Gasteiger partial charge on any atom is -0.356 e. The van der Waals surface area contributed by atoms with E-state index >= 15 is 0 Å². The van der Waals surface area contributed by atoms with Crippen molar-refractivity contribution in [2.45, 2.75) is 25.9 Å². The summed E-state index contributed by atoms with van der Waals surface area (Å²) in [5.74, 6) is -0.773. The highest BCUT2D eigenvalue weighted by Gasteiger charge is 2.32. The molecule has 1 rings (SSSR count). The lowest BCUT2D eigenvalue weighted by Gasteiger charge is -2.23. The predicted molar refractivity (Wildman–Crippen MR) is 95.3 cm³/mol. The van der Waals surface area contributed by atoms with Gasteiger partial charge in [-0.1, -0.05) is 11.6 Å². The Hall–Kier alpha value is -1.80. The van der Waals surface area contributed by atoms with Gasteiger partial charge in [-0.05, 0) is 45.3 Å². The van der Waals surface area contributed by atoms with E-state index in [1.807, 2.05) is 19.0 Å². The Morgan fingerprint density at radius 1 is 1.19 bits per heavy atom. The number of carbonyl (C=O) groups is 2. The molecule has 0 aliphatic rings. The average Bonchev–Trinajstić information content (AvgIpc) is 2.51. The smallest absolute Gasteiger partial charge is 0.356 e. The van der Waals surface area contributed by atoms with E-state index in [0.29, 0.717) is 6.54 Å². The molecule has 5 nitrogen and oxygen atoms in total. The van der Waals surface area contributed by atoms with Crippen LogP contribution in [0.4, 0.5) is 18.9 Å². The molecule has 1 aromatic rings. The molecule has 0 heterocycles. The summed E-state index contributed by atoms with van der Waals surface area (Å²) in [5.41, 5.74) is -0.967. The average molecular weight is 394 g/mol. The van der Waals surface area contributed by atoms with Gasteiger partial charge in [-0.3, -0.25) is 9.59 Å². The first-order valence-corrected chi connectivity index (χ1v) is 8.46. The van der Waals surface area contributed by atoms with E-state index in [-0.39, 0.29) is 29.6 Å². The van der Waals surface area contributed by atoms with Crippen molar-refractivity contribution in [3.8, 4) is 0 Å². The van der Waals surface area contributed by atoms with Gasteiger partial charge in [0.2, 0.25) is 11.8 Å². The quantitative estimate of drug-likeness (QED) is 0.690. The number of rotatable bonds is 8. The molecule has 0 radical (unpaired) electrons. The molecule has 0 spiro atoms. The van der Waals surface area contributed by atoms with Crippen LogP contribution in [0, 0.1) is 0 Å². The first-order valence-electron chi connectivity index (χ1n) is 8.08. The molecule has 0 saturated heterocycles. The second-order valence-corrected chi connectivity index (χ2v) is 6.50. The molecule has 9 heteroatoms. The topological polar surface area (TPSA) is 52.7 Å². The lowest BCUT2D eigenvalue weighted by Crippen LogP contribution is -2.35. The fourth-order valence-electron chi connectivity index (χ4n) is 2.27. The van der Waals surface area contributed by atoms with Crippen LogP contribution in [0.25, 0.3) is 0 Å². The Bertz CT molecular complexity index is 636. The third-order valence-electron chi connectivity index (χ3n) is 3.61. The molecular formula is C17H23ClF3N3O2. The van der Waals surface area contributed by atoms with Crippen LogP contribution in [0.15, 0.2) is 18.2 Å². The van der Waals surface area contributed by atoms with E-state index in [0.717, 1.165) is 36.1 Å². The highest BCUT2D eigenvalue weighted by Crippen LogP contribution is 2.35. The summed E-state index contributed by atoms with van der Waals surface area (Å²) in [6.07, 6.45) is -3.81. The van der Waals surface area contributed by atoms with Crippen molar-refractivity contribution in [3.63, 3.8) is 0 Å². The second-order valence-electron chi connectivity index (χ2n) is 6.09. The van der Waals surface area contributed by atoms with Crippen molar-refractivity contribution in [1.29, 1.82) is 0 Å². The van der Waals surface area contributed by atoms with Gasteiger partial charge in [0.25, 0.3) is 0 Å². The SMILES string of the molecule is CC(=O)N(CCC(=O)NCCCN(C)C)c1cc(C(F)(F)F)ccc1Cl. The van der Waals surface area contributed by atoms with Crippen molar-refractivity contribution in [2.75, 3.05) is 38.6 Å². The molecular weight excluding hydrogens is 371 g/mol. The molecule has 26 heavy (non-hydrogen) atoms. The highest BCUT2D eigenvalue weighted by molar-refractivity contribution is 6.33. The number of halogens is 4. The van der Waals surface area contributed by atoms with E-state index in [1.165, 1.54) is 6.92 Å². The van der Waals surface area contributed by atoms with Gasteiger partial charge in [0.15, 0.2) is 0 Å². The summed E-state index contributed by atoms with van der Waals surface area (Å²) in [6, 6.07) is 2.76. The van der Waals surface area contributed by atoms with Gasteiger partial charge in [-0.25, -0.2) is 0 Å². The monoisotopic (exact) mass is 393 g/mol. The third kappa shape index (κ3) is 7.21. The van der Waals surface area contributed by atoms with Crippen molar-refractivity contribution < 1.29 is 22.8 Å². The number of hydrogen-bond acceptors (Lipinski definition) is 3. The normalized spacial score (nSPS) is 11.5. The molecule has 1 aromatic carbocycles. The molecule has 146 valence electrons. The molecule has 0 atom stereocenters.